The monoisotopic (exact) mass is 700 g/mol. The molecule has 0 saturated heterocycles. The molecular formula is C50H40O2Si. The Kier molecular flexibility index (Phi) is 7.25. The van der Waals surface area contributed by atoms with E-state index in [4.69, 9.17) is 8.83 Å². The van der Waals surface area contributed by atoms with Crippen LogP contribution in [0.2, 0.25) is 13.1 Å². The molecule has 2 unspecified atom stereocenters. The molecule has 2 heterocycles. The maximum absolute atomic E-state index is 6.53. The Labute approximate surface area is 311 Å². The molecule has 2 aliphatic rings. The summed E-state index contributed by atoms with van der Waals surface area (Å²) in [7, 11) is -2.42. The molecule has 6 aromatic carbocycles. The van der Waals surface area contributed by atoms with Crippen LogP contribution < -0.4 is 0 Å². The Morgan fingerprint density at radius 2 is 0.811 bits per heavy atom. The van der Waals surface area contributed by atoms with Crippen molar-refractivity contribution in [1.29, 1.82) is 0 Å². The van der Waals surface area contributed by atoms with Crippen LogP contribution in [0.4, 0.5) is 0 Å². The van der Waals surface area contributed by atoms with Gasteiger partial charge in [-0.3, -0.25) is 0 Å². The maximum Gasteiger partial charge on any atom is 0.130 e. The first-order valence-corrected chi connectivity index (χ1v) is 21.8. The molecule has 0 radical (unpaired) electrons. The summed E-state index contributed by atoms with van der Waals surface area (Å²) in [5, 5.41) is 5.06. The molecule has 2 aliphatic carbocycles. The largest absolute Gasteiger partial charge is 0.462 e. The smallest absolute Gasteiger partial charge is 0.130 e. The van der Waals surface area contributed by atoms with E-state index in [1.165, 1.54) is 77.2 Å². The minimum absolute atomic E-state index is 0.176. The fourth-order valence-electron chi connectivity index (χ4n) is 9.57. The zero-order valence-corrected chi connectivity index (χ0v) is 31.5. The van der Waals surface area contributed by atoms with Crippen molar-refractivity contribution in [2.45, 2.75) is 38.0 Å². The van der Waals surface area contributed by atoms with Crippen molar-refractivity contribution in [2.24, 2.45) is 0 Å². The fraction of sp³-hybridized carbons (Fsp3) is 0.120. The predicted molar refractivity (Wildman–Crippen MR) is 224 cm³/mol. The van der Waals surface area contributed by atoms with Crippen LogP contribution in [0.3, 0.4) is 0 Å². The number of furan rings is 2. The number of hydrogen-bond donors (Lipinski definition) is 0. The molecule has 2 atom stereocenters. The summed E-state index contributed by atoms with van der Waals surface area (Å²) < 4.78 is 13.1. The normalized spacial score (nSPS) is 16.5. The van der Waals surface area contributed by atoms with E-state index in [0.29, 0.717) is 0 Å². The number of aryl methyl sites for hydroxylation is 2. The third-order valence-corrected chi connectivity index (χ3v) is 16.0. The highest BCUT2D eigenvalue weighted by atomic mass is 28.3. The van der Waals surface area contributed by atoms with E-state index in [1.807, 2.05) is 13.8 Å². The van der Waals surface area contributed by atoms with Gasteiger partial charge in [0.2, 0.25) is 0 Å². The van der Waals surface area contributed by atoms with Crippen molar-refractivity contribution in [1.82, 2.24) is 0 Å². The summed E-state index contributed by atoms with van der Waals surface area (Å²) in [5.41, 5.74) is 13.4. The zero-order valence-electron chi connectivity index (χ0n) is 30.5. The minimum Gasteiger partial charge on any atom is -0.462 e. The van der Waals surface area contributed by atoms with Crippen LogP contribution in [-0.2, 0) is 0 Å². The Morgan fingerprint density at radius 3 is 1.25 bits per heavy atom. The van der Waals surface area contributed by atoms with E-state index >= 15 is 0 Å². The van der Waals surface area contributed by atoms with E-state index in [-0.39, 0.29) is 11.1 Å². The van der Waals surface area contributed by atoms with Crippen LogP contribution in [0.15, 0.2) is 154 Å². The van der Waals surface area contributed by atoms with Crippen LogP contribution in [0.5, 0.6) is 0 Å². The second kappa shape index (κ2) is 12.1. The van der Waals surface area contributed by atoms with Gasteiger partial charge in [-0.25, -0.2) is 0 Å². The van der Waals surface area contributed by atoms with E-state index in [1.54, 1.807) is 0 Å². The second-order valence-corrected chi connectivity index (χ2v) is 20.2. The van der Waals surface area contributed by atoms with Crippen molar-refractivity contribution < 1.29 is 8.83 Å². The molecule has 0 fully saturated rings. The highest BCUT2D eigenvalue weighted by molar-refractivity contribution is 6.84. The number of hydrogen-bond acceptors (Lipinski definition) is 2. The highest BCUT2D eigenvalue weighted by Crippen LogP contribution is 2.58. The van der Waals surface area contributed by atoms with Gasteiger partial charge in [0, 0.05) is 22.2 Å². The lowest BCUT2D eigenvalue weighted by atomic mass is 9.93. The van der Waals surface area contributed by atoms with Gasteiger partial charge in [0.1, 0.15) is 23.0 Å². The second-order valence-electron chi connectivity index (χ2n) is 15.4. The lowest BCUT2D eigenvalue weighted by Gasteiger charge is -2.39. The molecule has 0 amide bonds. The summed E-state index contributed by atoms with van der Waals surface area (Å²) in [5.74, 6) is 3.80. The van der Waals surface area contributed by atoms with Crippen molar-refractivity contribution in [3.63, 3.8) is 0 Å². The molecule has 53 heavy (non-hydrogen) atoms. The van der Waals surface area contributed by atoms with Crippen LogP contribution in [0.1, 0.15) is 56.4 Å². The third-order valence-electron chi connectivity index (χ3n) is 11.8. The molecule has 2 aromatic heterocycles. The van der Waals surface area contributed by atoms with Crippen molar-refractivity contribution in [3.05, 3.63) is 191 Å². The van der Waals surface area contributed by atoms with Crippen molar-refractivity contribution >= 4 is 52.9 Å². The molecule has 2 nitrogen and oxygen atoms in total. The molecule has 0 aliphatic heterocycles. The first kappa shape index (κ1) is 31.8. The molecule has 0 spiro atoms. The van der Waals surface area contributed by atoms with E-state index in [2.05, 4.69) is 171 Å². The summed E-state index contributed by atoms with van der Waals surface area (Å²) in [6, 6.07) is 53.3. The van der Waals surface area contributed by atoms with Gasteiger partial charge in [0.15, 0.2) is 0 Å². The fourth-order valence-corrected chi connectivity index (χ4v) is 14.1. The SMILES string of the molecule is Cc1ccc(C2=Cc3c(-c4cccc5ccccc45)cccc3C2[Si](C)(C)C2C(c3ccc(C)o3)=Cc3c(-c4cccc5ccccc45)cccc32)o1. The Bertz CT molecular complexity index is 2600. The minimum atomic E-state index is -2.42. The quantitative estimate of drug-likeness (QED) is 0.161. The number of allylic oxidation sites excluding steroid dienone is 2. The summed E-state index contributed by atoms with van der Waals surface area (Å²) in [6.07, 6.45) is 4.90. The maximum atomic E-state index is 6.53. The third kappa shape index (κ3) is 4.98. The van der Waals surface area contributed by atoms with Gasteiger partial charge in [-0.2, -0.15) is 0 Å². The molecule has 3 heteroatoms. The van der Waals surface area contributed by atoms with Gasteiger partial charge in [-0.1, -0.05) is 134 Å². The Balaban J connectivity index is 1.20. The number of fused-ring (bicyclic) bond motifs is 4. The molecule has 8 aromatic rings. The van der Waals surface area contributed by atoms with Crippen LogP contribution in [-0.4, -0.2) is 8.07 Å². The first-order valence-electron chi connectivity index (χ1n) is 18.7. The lowest BCUT2D eigenvalue weighted by molar-refractivity contribution is 0.519. The number of benzene rings is 6. The number of rotatable bonds is 6. The summed E-state index contributed by atoms with van der Waals surface area (Å²) in [4.78, 5) is 0. The molecule has 256 valence electrons. The van der Waals surface area contributed by atoms with Gasteiger partial charge in [0.05, 0.1) is 8.07 Å². The first-order chi connectivity index (χ1) is 25.9. The van der Waals surface area contributed by atoms with Gasteiger partial charge in [-0.15, -0.1) is 0 Å². The van der Waals surface area contributed by atoms with Gasteiger partial charge >= 0.3 is 0 Å². The highest BCUT2D eigenvalue weighted by Gasteiger charge is 2.50. The average molecular weight is 701 g/mol. The van der Waals surface area contributed by atoms with Gasteiger partial charge in [-0.05, 0) is 116 Å². The molecule has 0 saturated carbocycles. The predicted octanol–water partition coefficient (Wildman–Crippen LogP) is 13.9. The Morgan fingerprint density at radius 1 is 0.415 bits per heavy atom. The molecular weight excluding hydrogens is 661 g/mol. The summed E-state index contributed by atoms with van der Waals surface area (Å²) in [6.45, 7) is 9.28. The summed E-state index contributed by atoms with van der Waals surface area (Å²) >= 11 is 0. The molecule has 10 rings (SSSR count). The lowest BCUT2D eigenvalue weighted by Crippen LogP contribution is -2.42. The van der Waals surface area contributed by atoms with Gasteiger partial charge < -0.3 is 8.83 Å². The topological polar surface area (TPSA) is 26.3 Å². The van der Waals surface area contributed by atoms with Crippen LogP contribution >= 0.6 is 0 Å². The van der Waals surface area contributed by atoms with Crippen molar-refractivity contribution in [2.75, 3.05) is 0 Å². The Hall–Kier alpha value is -5.90. The molecule has 0 bridgehead atoms. The van der Waals surface area contributed by atoms with E-state index < -0.39 is 8.07 Å². The van der Waals surface area contributed by atoms with E-state index in [0.717, 1.165) is 23.0 Å². The van der Waals surface area contributed by atoms with Crippen LogP contribution in [0, 0.1) is 13.8 Å². The standard InChI is InChI=1S/C50H40O2Si/c1-31-25-27-47(51-31)45-29-43-39(37-19-9-15-33-13-5-7-17-35(33)37)21-11-23-41(43)49(45)53(3,4)50-42-24-12-22-40(38-20-10-16-34-14-6-8-18-36(34)38)44(42)30-46(50)48-28-26-32(2)52-48/h5-30,49-50H,1-4H3. The average Bonchev–Trinajstić information content (AvgIpc) is 3.99. The zero-order chi connectivity index (χ0) is 35.8. The van der Waals surface area contributed by atoms with Crippen LogP contribution in [0.25, 0.3) is 67.1 Å². The molecule has 0 N–H and O–H groups in total. The van der Waals surface area contributed by atoms with Gasteiger partial charge in [0.25, 0.3) is 0 Å². The van der Waals surface area contributed by atoms with E-state index in [9.17, 15) is 0 Å². The van der Waals surface area contributed by atoms with Crippen molar-refractivity contribution in [3.8, 4) is 22.3 Å².